The van der Waals surface area contributed by atoms with E-state index in [9.17, 15) is 19.2 Å². The Balaban J connectivity index is 0.00000189. The van der Waals surface area contributed by atoms with Crippen LogP contribution in [0.4, 0.5) is 11.4 Å². The highest BCUT2D eigenvalue weighted by atomic mass is 16.2. The van der Waals surface area contributed by atoms with Crippen molar-refractivity contribution < 1.29 is 19.2 Å². The Morgan fingerprint density at radius 1 is 0.854 bits per heavy atom. The molecular weight excluding hydrogens is 514 g/mol. The third kappa shape index (κ3) is 5.67. The maximum Gasteiger partial charge on any atom is 0.262 e. The zero-order valence-electron chi connectivity index (χ0n) is 25.2. The van der Waals surface area contributed by atoms with Gasteiger partial charge >= 0.3 is 0 Å². The molecule has 4 amide bonds. The molecular formula is C34H39N3O4. The van der Waals surface area contributed by atoms with E-state index in [0.717, 1.165) is 16.0 Å². The summed E-state index contributed by atoms with van der Waals surface area (Å²) in [5.41, 5.74) is 3.85. The van der Waals surface area contributed by atoms with E-state index in [1.165, 1.54) is 0 Å². The third-order valence-corrected chi connectivity index (χ3v) is 7.42. The number of anilines is 2. The van der Waals surface area contributed by atoms with Crippen LogP contribution in [0.25, 0.3) is 0 Å². The molecule has 41 heavy (non-hydrogen) atoms. The van der Waals surface area contributed by atoms with Gasteiger partial charge in [-0.1, -0.05) is 58.9 Å². The van der Waals surface area contributed by atoms with Crippen molar-refractivity contribution in [3.63, 3.8) is 0 Å². The number of hydrogen-bond acceptors (Lipinski definition) is 4. The van der Waals surface area contributed by atoms with Crippen LogP contribution in [0.3, 0.4) is 0 Å². The molecule has 3 aliphatic rings. The first kappa shape index (κ1) is 29.7. The maximum atomic E-state index is 13.4. The van der Waals surface area contributed by atoms with Crippen molar-refractivity contribution in [3.05, 3.63) is 94.6 Å². The van der Waals surface area contributed by atoms with Crippen molar-refractivity contribution in [1.82, 2.24) is 4.90 Å². The van der Waals surface area contributed by atoms with Crippen molar-refractivity contribution in [2.24, 2.45) is 5.92 Å². The normalized spacial score (nSPS) is 18.5. The lowest BCUT2D eigenvalue weighted by atomic mass is 9.87. The highest BCUT2D eigenvalue weighted by Gasteiger charge is 2.45. The van der Waals surface area contributed by atoms with E-state index in [2.05, 4.69) is 26.1 Å². The molecule has 1 fully saturated rings. The number of carbonyl (C=O) groups excluding carboxylic acids is 4. The molecule has 0 saturated carbocycles. The Morgan fingerprint density at radius 3 is 2.02 bits per heavy atom. The first-order valence-electron chi connectivity index (χ1n) is 14.1. The van der Waals surface area contributed by atoms with Crippen LogP contribution in [0.5, 0.6) is 0 Å². The van der Waals surface area contributed by atoms with Crippen LogP contribution < -0.4 is 10.2 Å². The molecule has 1 saturated heterocycles. The fourth-order valence-electron chi connectivity index (χ4n) is 5.05. The highest BCUT2D eigenvalue weighted by Crippen LogP contribution is 2.38. The highest BCUT2D eigenvalue weighted by molar-refractivity contribution is 6.30. The van der Waals surface area contributed by atoms with Crippen LogP contribution in [-0.2, 0) is 19.8 Å². The molecule has 0 radical (unpaired) electrons. The molecule has 5 rings (SSSR count). The summed E-state index contributed by atoms with van der Waals surface area (Å²) >= 11 is 0. The molecule has 0 bridgehead atoms. The van der Waals surface area contributed by atoms with Gasteiger partial charge in [0.1, 0.15) is 0 Å². The van der Waals surface area contributed by atoms with Crippen LogP contribution in [-0.4, -0.2) is 40.6 Å². The number of nitrogens with zero attached hydrogens (tertiary/aromatic N) is 2. The number of fused-ring (bicyclic) bond motifs is 1. The summed E-state index contributed by atoms with van der Waals surface area (Å²) in [5, 5.41) is 2.86. The second-order valence-corrected chi connectivity index (χ2v) is 12.2. The molecule has 2 heterocycles. The summed E-state index contributed by atoms with van der Waals surface area (Å²) < 4.78 is 0. The molecule has 2 aromatic rings. The van der Waals surface area contributed by atoms with Gasteiger partial charge in [-0.25, -0.2) is 4.90 Å². The molecule has 1 N–H and O–H groups in total. The van der Waals surface area contributed by atoms with Gasteiger partial charge in [-0.3, -0.25) is 19.2 Å². The molecule has 1 atom stereocenters. The van der Waals surface area contributed by atoms with Crippen molar-refractivity contribution in [2.75, 3.05) is 16.8 Å². The Kier molecular flexibility index (Phi) is 7.94. The van der Waals surface area contributed by atoms with E-state index in [-0.39, 0.29) is 28.7 Å². The second-order valence-electron chi connectivity index (χ2n) is 12.2. The Bertz CT molecular complexity index is 1480. The second kappa shape index (κ2) is 11.0. The molecule has 214 valence electrons. The minimum atomic E-state index is -0.741. The fourth-order valence-corrected chi connectivity index (χ4v) is 5.05. The predicted octanol–water partition coefficient (Wildman–Crippen LogP) is 6.19. The van der Waals surface area contributed by atoms with Gasteiger partial charge in [-0.05, 0) is 79.8 Å². The van der Waals surface area contributed by atoms with Crippen LogP contribution >= 0.6 is 0 Å². The van der Waals surface area contributed by atoms with E-state index < -0.39 is 11.8 Å². The Hall–Kier alpha value is -4.26. The smallest absolute Gasteiger partial charge is 0.262 e. The van der Waals surface area contributed by atoms with Crippen LogP contribution in [0.2, 0.25) is 0 Å². The predicted molar refractivity (Wildman–Crippen MR) is 163 cm³/mol. The van der Waals surface area contributed by atoms with Crippen molar-refractivity contribution in [3.8, 4) is 0 Å². The van der Waals surface area contributed by atoms with Crippen LogP contribution in [0.15, 0.2) is 83.5 Å². The monoisotopic (exact) mass is 553 g/mol. The average molecular weight is 554 g/mol. The summed E-state index contributed by atoms with van der Waals surface area (Å²) in [6.45, 7) is 16.7. The minimum Gasteiger partial charge on any atom is -0.329 e. The number of imide groups is 1. The average Bonchev–Trinajstić information content (AvgIpc) is 3.27. The number of benzene rings is 2. The molecule has 1 unspecified atom stereocenters. The van der Waals surface area contributed by atoms with Gasteiger partial charge in [-0.2, -0.15) is 0 Å². The number of nitrogens with one attached hydrogen (secondary N) is 1. The van der Waals surface area contributed by atoms with Crippen molar-refractivity contribution in [1.29, 1.82) is 0 Å². The zero-order valence-corrected chi connectivity index (χ0v) is 25.2. The lowest BCUT2D eigenvalue weighted by Crippen LogP contribution is -2.43. The van der Waals surface area contributed by atoms with Gasteiger partial charge in [0, 0.05) is 34.5 Å². The fraction of sp³-hybridized carbons (Fsp3) is 0.353. The number of rotatable bonds is 3. The molecule has 1 aliphatic carbocycles. The summed E-state index contributed by atoms with van der Waals surface area (Å²) in [7, 11) is 0. The van der Waals surface area contributed by atoms with Gasteiger partial charge in [0.25, 0.3) is 17.7 Å². The summed E-state index contributed by atoms with van der Waals surface area (Å²) in [4.78, 5) is 55.5. The molecule has 2 aromatic carbocycles. The maximum absolute atomic E-state index is 13.4. The Morgan fingerprint density at radius 2 is 1.46 bits per heavy atom. The van der Waals surface area contributed by atoms with Crippen LogP contribution in [0, 0.1) is 5.92 Å². The van der Waals surface area contributed by atoms with Gasteiger partial charge in [0.15, 0.2) is 0 Å². The number of carbonyl (C=O) groups is 4. The SMILES string of the molecule is CC.CC(C)(C)c1ccc(C(=O)Nc2ccc(N3C(=O)C4=CC5=C(C=CC4C3=O)CN(C(C)(C)C)C5=O)cc2)cc1. The van der Waals surface area contributed by atoms with E-state index >= 15 is 0 Å². The number of amides is 4. The van der Waals surface area contributed by atoms with Gasteiger partial charge in [0.05, 0.1) is 11.6 Å². The van der Waals surface area contributed by atoms with Gasteiger partial charge < -0.3 is 10.2 Å². The summed E-state index contributed by atoms with van der Waals surface area (Å²) in [6.07, 6.45) is 5.11. The number of hydrogen-bond donors (Lipinski definition) is 1. The standard InChI is InChI=1S/C32H33N3O4.C2H6/c1-31(2,3)21-10-7-19(8-11-21)27(36)33-22-12-14-23(15-13-22)35-29(38)24-16-9-20-18-34(32(4,5)6)28(37)25(20)17-26(24)30(35)39;1-2/h7-17,24H,18H2,1-6H3,(H,33,36);1-2H3. The lowest BCUT2D eigenvalue weighted by molar-refractivity contribution is -0.129. The largest absolute Gasteiger partial charge is 0.329 e. The summed E-state index contributed by atoms with van der Waals surface area (Å²) in [5.74, 6) is -1.93. The molecule has 7 nitrogen and oxygen atoms in total. The van der Waals surface area contributed by atoms with Crippen molar-refractivity contribution >= 4 is 35.0 Å². The minimum absolute atomic E-state index is 0.00358. The van der Waals surface area contributed by atoms with E-state index in [1.54, 1.807) is 59.5 Å². The van der Waals surface area contributed by atoms with Gasteiger partial charge in [-0.15, -0.1) is 0 Å². The van der Waals surface area contributed by atoms with E-state index in [0.29, 0.717) is 34.6 Å². The first-order valence-corrected chi connectivity index (χ1v) is 14.1. The van der Waals surface area contributed by atoms with Crippen molar-refractivity contribution in [2.45, 2.75) is 66.3 Å². The van der Waals surface area contributed by atoms with E-state index in [4.69, 9.17) is 0 Å². The molecule has 0 aromatic heterocycles. The summed E-state index contributed by atoms with van der Waals surface area (Å²) in [6, 6.07) is 14.1. The molecule has 7 heteroatoms. The quantitative estimate of drug-likeness (QED) is 0.460. The van der Waals surface area contributed by atoms with Crippen LogP contribution in [0.1, 0.15) is 71.3 Å². The lowest BCUT2D eigenvalue weighted by Gasteiger charge is -2.32. The zero-order chi connectivity index (χ0) is 30.3. The van der Waals surface area contributed by atoms with Gasteiger partial charge in [0.2, 0.25) is 5.91 Å². The molecule has 0 spiro atoms. The van der Waals surface area contributed by atoms with E-state index in [1.807, 2.05) is 46.8 Å². The third-order valence-electron chi connectivity index (χ3n) is 7.42. The first-order chi connectivity index (χ1) is 19.3. The molecule has 2 aliphatic heterocycles. The topological polar surface area (TPSA) is 86.8 Å². The Labute approximate surface area is 242 Å².